The molecule has 0 fully saturated rings. The number of hydrogen-bond donors (Lipinski definition) is 1. The molecule has 1 amide bonds. The Morgan fingerprint density at radius 2 is 1.96 bits per heavy atom. The summed E-state index contributed by atoms with van der Waals surface area (Å²) < 4.78 is 16.5. The van der Waals surface area contributed by atoms with E-state index in [1.54, 1.807) is 24.5 Å². The lowest BCUT2D eigenvalue weighted by molar-refractivity contribution is -0.116. The minimum absolute atomic E-state index is 0.146. The van der Waals surface area contributed by atoms with Gasteiger partial charge in [-0.2, -0.15) is 4.98 Å². The molecule has 1 N–H and O–H groups in total. The van der Waals surface area contributed by atoms with Gasteiger partial charge in [0.1, 0.15) is 0 Å². The molecule has 2 aromatic heterocycles. The molecule has 2 heterocycles. The van der Waals surface area contributed by atoms with E-state index in [1.165, 1.54) is 0 Å². The molecular formula is C20H22N4O4. The van der Waals surface area contributed by atoms with Crippen molar-refractivity contribution in [3.63, 3.8) is 0 Å². The van der Waals surface area contributed by atoms with Crippen molar-refractivity contribution in [2.75, 3.05) is 18.5 Å². The third-order valence-corrected chi connectivity index (χ3v) is 3.78. The number of pyridine rings is 1. The van der Waals surface area contributed by atoms with Crippen LogP contribution in [0.2, 0.25) is 0 Å². The van der Waals surface area contributed by atoms with Gasteiger partial charge < -0.3 is 19.3 Å². The monoisotopic (exact) mass is 382 g/mol. The number of nitrogens with zero attached hydrogens (tertiary/aromatic N) is 3. The Labute approximate surface area is 162 Å². The van der Waals surface area contributed by atoms with Crippen LogP contribution in [0.1, 0.15) is 26.2 Å². The Kier molecular flexibility index (Phi) is 6.56. The average Bonchev–Trinajstić information content (AvgIpc) is 3.18. The number of anilines is 1. The predicted octanol–water partition coefficient (Wildman–Crippen LogP) is 3.50. The maximum atomic E-state index is 12.0. The number of aromatic nitrogens is 3. The highest BCUT2D eigenvalue weighted by molar-refractivity contribution is 5.90. The van der Waals surface area contributed by atoms with E-state index >= 15 is 0 Å². The van der Waals surface area contributed by atoms with Crippen LogP contribution in [-0.2, 0) is 11.2 Å². The summed E-state index contributed by atoms with van der Waals surface area (Å²) in [6, 6.07) is 9.02. The minimum Gasteiger partial charge on any atom is -0.490 e. The van der Waals surface area contributed by atoms with Crippen LogP contribution >= 0.6 is 0 Å². The first-order valence-corrected chi connectivity index (χ1v) is 9.12. The van der Waals surface area contributed by atoms with E-state index in [9.17, 15) is 4.79 Å². The topological polar surface area (TPSA) is 99.4 Å². The summed E-state index contributed by atoms with van der Waals surface area (Å²) >= 11 is 0. The zero-order valence-electron chi connectivity index (χ0n) is 15.8. The predicted molar refractivity (Wildman–Crippen MR) is 103 cm³/mol. The van der Waals surface area contributed by atoms with Crippen LogP contribution in [-0.4, -0.2) is 34.2 Å². The second kappa shape index (κ2) is 9.50. The fourth-order valence-electron chi connectivity index (χ4n) is 2.54. The second-order valence-corrected chi connectivity index (χ2v) is 5.83. The van der Waals surface area contributed by atoms with Crippen LogP contribution < -0.4 is 14.8 Å². The number of aryl methyl sites for hydroxylation is 1. The van der Waals surface area contributed by atoms with Crippen LogP contribution in [0.5, 0.6) is 11.5 Å². The van der Waals surface area contributed by atoms with Gasteiger partial charge in [0.2, 0.25) is 17.6 Å². The van der Waals surface area contributed by atoms with Crippen molar-refractivity contribution in [3.05, 3.63) is 48.6 Å². The highest BCUT2D eigenvalue weighted by atomic mass is 16.5. The third kappa shape index (κ3) is 5.06. The molecule has 1 aromatic carbocycles. The number of benzene rings is 1. The molecule has 0 aliphatic rings. The van der Waals surface area contributed by atoms with E-state index in [2.05, 4.69) is 20.4 Å². The number of amides is 1. The molecule has 0 bridgehead atoms. The zero-order valence-corrected chi connectivity index (χ0v) is 15.8. The van der Waals surface area contributed by atoms with E-state index < -0.39 is 0 Å². The lowest BCUT2D eigenvalue weighted by Crippen LogP contribution is -2.12. The summed E-state index contributed by atoms with van der Waals surface area (Å²) in [7, 11) is 0. The first kappa shape index (κ1) is 19.3. The maximum absolute atomic E-state index is 12.0. The van der Waals surface area contributed by atoms with Crippen LogP contribution in [0.4, 0.5) is 5.69 Å². The molecule has 0 spiro atoms. The molecule has 0 aliphatic heterocycles. The molecule has 146 valence electrons. The van der Waals surface area contributed by atoms with Gasteiger partial charge >= 0.3 is 0 Å². The Hall–Kier alpha value is -3.42. The quantitative estimate of drug-likeness (QED) is 0.604. The van der Waals surface area contributed by atoms with Gasteiger partial charge in [0, 0.05) is 24.6 Å². The van der Waals surface area contributed by atoms with Gasteiger partial charge in [0.05, 0.1) is 25.1 Å². The normalized spacial score (nSPS) is 10.5. The average molecular weight is 382 g/mol. The Bertz CT molecular complexity index is 912. The standard InChI is InChI=1S/C20H22N4O4/c1-3-26-16-8-7-14(12-17(16)27-4-2)20-23-19(28-24-20)10-9-18(25)22-15-6-5-11-21-13-15/h5-8,11-13H,3-4,9-10H2,1-2H3,(H,22,25). The highest BCUT2D eigenvalue weighted by Gasteiger charge is 2.14. The molecule has 0 unspecified atom stereocenters. The highest BCUT2D eigenvalue weighted by Crippen LogP contribution is 2.32. The SMILES string of the molecule is CCOc1ccc(-c2noc(CCC(=O)Nc3cccnc3)n2)cc1OCC. The first-order chi connectivity index (χ1) is 13.7. The van der Waals surface area contributed by atoms with Crippen LogP contribution in [0.15, 0.2) is 47.2 Å². The molecule has 0 aliphatic carbocycles. The molecule has 0 atom stereocenters. The fraction of sp³-hybridized carbons (Fsp3) is 0.300. The van der Waals surface area contributed by atoms with Crippen molar-refractivity contribution >= 4 is 11.6 Å². The van der Waals surface area contributed by atoms with E-state index in [0.717, 1.165) is 5.56 Å². The van der Waals surface area contributed by atoms with Crippen molar-refractivity contribution < 1.29 is 18.8 Å². The molecule has 3 rings (SSSR count). The van der Waals surface area contributed by atoms with Crippen molar-refractivity contribution in [2.45, 2.75) is 26.7 Å². The van der Waals surface area contributed by atoms with E-state index in [4.69, 9.17) is 14.0 Å². The zero-order chi connectivity index (χ0) is 19.8. The van der Waals surface area contributed by atoms with E-state index in [0.29, 0.717) is 48.5 Å². The first-order valence-electron chi connectivity index (χ1n) is 9.12. The number of rotatable bonds is 9. The van der Waals surface area contributed by atoms with E-state index in [-0.39, 0.29) is 12.3 Å². The summed E-state index contributed by atoms with van der Waals surface area (Å²) in [5.41, 5.74) is 1.40. The van der Waals surface area contributed by atoms with Gasteiger partial charge in [0.15, 0.2) is 11.5 Å². The van der Waals surface area contributed by atoms with Crippen molar-refractivity contribution in [3.8, 4) is 22.9 Å². The van der Waals surface area contributed by atoms with Gasteiger partial charge in [-0.05, 0) is 44.2 Å². The molecule has 8 nitrogen and oxygen atoms in total. The molecule has 28 heavy (non-hydrogen) atoms. The van der Waals surface area contributed by atoms with Gasteiger partial charge in [0.25, 0.3) is 0 Å². The van der Waals surface area contributed by atoms with Crippen molar-refractivity contribution in [2.24, 2.45) is 0 Å². The van der Waals surface area contributed by atoms with Crippen molar-refractivity contribution in [1.82, 2.24) is 15.1 Å². The number of carbonyl (C=O) groups excluding carboxylic acids is 1. The van der Waals surface area contributed by atoms with Crippen molar-refractivity contribution in [1.29, 1.82) is 0 Å². The van der Waals surface area contributed by atoms with Gasteiger partial charge in [-0.3, -0.25) is 9.78 Å². The molecule has 0 saturated heterocycles. The van der Waals surface area contributed by atoms with Crippen LogP contribution in [0.3, 0.4) is 0 Å². The minimum atomic E-state index is -0.146. The number of nitrogens with one attached hydrogen (secondary N) is 1. The summed E-state index contributed by atoms with van der Waals surface area (Å²) in [6.07, 6.45) is 3.80. The van der Waals surface area contributed by atoms with Crippen LogP contribution in [0, 0.1) is 0 Å². The Balaban J connectivity index is 1.63. The van der Waals surface area contributed by atoms with E-state index in [1.807, 2.05) is 32.0 Å². The molecular weight excluding hydrogens is 360 g/mol. The summed E-state index contributed by atoms with van der Waals surface area (Å²) in [5, 5.41) is 6.77. The van der Waals surface area contributed by atoms with Gasteiger partial charge in [-0.25, -0.2) is 0 Å². The molecule has 8 heteroatoms. The number of carbonyl (C=O) groups is 1. The summed E-state index contributed by atoms with van der Waals surface area (Å²) in [5.74, 6) is 1.98. The molecule has 3 aromatic rings. The number of hydrogen-bond acceptors (Lipinski definition) is 7. The maximum Gasteiger partial charge on any atom is 0.227 e. The smallest absolute Gasteiger partial charge is 0.227 e. The fourth-order valence-corrected chi connectivity index (χ4v) is 2.54. The molecule has 0 saturated carbocycles. The van der Waals surface area contributed by atoms with Crippen LogP contribution in [0.25, 0.3) is 11.4 Å². The molecule has 0 radical (unpaired) electrons. The van der Waals surface area contributed by atoms with Gasteiger partial charge in [-0.15, -0.1) is 0 Å². The van der Waals surface area contributed by atoms with Gasteiger partial charge in [-0.1, -0.05) is 5.16 Å². The largest absolute Gasteiger partial charge is 0.490 e. The number of ether oxygens (including phenoxy) is 2. The Morgan fingerprint density at radius 3 is 2.71 bits per heavy atom. The second-order valence-electron chi connectivity index (χ2n) is 5.83. The Morgan fingerprint density at radius 1 is 1.14 bits per heavy atom. The lowest BCUT2D eigenvalue weighted by atomic mass is 10.2. The summed E-state index contributed by atoms with van der Waals surface area (Å²) in [6.45, 7) is 4.89. The lowest BCUT2D eigenvalue weighted by Gasteiger charge is -2.11. The summed E-state index contributed by atoms with van der Waals surface area (Å²) in [4.78, 5) is 20.3. The third-order valence-electron chi connectivity index (χ3n) is 3.78.